The van der Waals surface area contributed by atoms with Crippen LogP contribution in [0.2, 0.25) is 0 Å². The van der Waals surface area contributed by atoms with Gasteiger partial charge in [0.15, 0.2) is 0 Å². The smallest absolute Gasteiger partial charge is 0.254 e. The minimum absolute atomic E-state index is 0.00335. The minimum atomic E-state index is -0.0603. The second kappa shape index (κ2) is 6.04. The van der Waals surface area contributed by atoms with Crippen LogP contribution in [-0.4, -0.2) is 49.2 Å². The highest BCUT2D eigenvalue weighted by atomic mass is 16.5. The first-order valence-corrected chi connectivity index (χ1v) is 7.95. The number of ether oxygens (including phenoxy) is 1. The second-order valence-electron chi connectivity index (χ2n) is 6.04. The Labute approximate surface area is 144 Å². The van der Waals surface area contributed by atoms with Crippen LogP contribution in [0, 0.1) is 0 Å². The monoisotopic (exact) mass is 338 g/mol. The molecule has 128 valence electrons. The first kappa shape index (κ1) is 15.4. The molecule has 1 N–H and O–H groups in total. The molecule has 0 spiro atoms. The lowest BCUT2D eigenvalue weighted by atomic mass is 9.93. The average molecular weight is 338 g/mol. The van der Waals surface area contributed by atoms with Crippen molar-refractivity contribution in [3.8, 4) is 5.88 Å². The molecule has 0 saturated carbocycles. The molecule has 0 aromatic carbocycles. The highest BCUT2D eigenvalue weighted by Crippen LogP contribution is 2.32. The Hall–Kier alpha value is -3.16. The summed E-state index contributed by atoms with van der Waals surface area (Å²) in [6.45, 7) is 1.04. The number of imidazole rings is 1. The number of amides is 1. The van der Waals surface area contributed by atoms with Crippen LogP contribution in [-0.2, 0) is 13.6 Å². The predicted molar refractivity (Wildman–Crippen MR) is 89.2 cm³/mol. The van der Waals surface area contributed by atoms with Gasteiger partial charge in [-0.2, -0.15) is 5.10 Å². The number of carbonyl (C=O) groups is 1. The Bertz CT molecular complexity index is 915. The molecule has 3 aromatic heterocycles. The number of nitrogens with one attached hydrogen (secondary N) is 1. The summed E-state index contributed by atoms with van der Waals surface area (Å²) in [4.78, 5) is 26.5. The van der Waals surface area contributed by atoms with E-state index < -0.39 is 0 Å². The first-order chi connectivity index (χ1) is 12.2. The lowest BCUT2D eigenvalue weighted by molar-refractivity contribution is 0.0721. The Morgan fingerprint density at radius 2 is 2.28 bits per heavy atom. The van der Waals surface area contributed by atoms with Crippen molar-refractivity contribution in [3.05, 3.63) is 59.6 Å². The normalized spacial score (nSPS) is 16.6. The summed E-state index contributed by atoms with van der Waals surface area (Å²) in [5.74, 6) is 0.361. The molecule has 0 fully saturated rings. The number of aryl methyl sites for hydroxylation is 1. The molecule has 3 aromatic rings. The molecular formula is C17H18N6O2. The number of hydrogen-bond acceptors (Lipinski definition) is 5. The van der Waals surface area contributed by atoms with E-state index >= 15 is 0 Å². The molecule has 1 aliphatic heterocycles. The van der Waals surface area contributed by atoms with Crippen molar-refractivity contribution >= 4 is 5.91 Å². The number of hydrogen-bond donors (Lipinski definition) is 1. The zero-order chi connectivity index (χ0) is 17.4. The molecule has 4 heterocycles. The average Bonchev–Trinajstić information content (AvgIpc) is 3.29. The third-order valence-corrected chi connectivity index (χ3v) is 4.44. The maximum absolute atomic E-state index is 13.0. The van der Waals surface area contributed by atoms with Crippen LogP contribution < -0.4 is 4.74 Å². The summed E-state index contributed by atoms with van der Waals surface area (Å²) in [6, 6.07) is 3.36. The van der Waals surface area contributed by atoms with Gasteiger partial charge in [-0.3, -0.25) is 9.48 Å². The lowest BCUT2D eigenvalue weighted by Gasteiger charge is -2.31. The third kappa shape index (κ3) is 2.75. The maximum Gasteiger partial charge on any atom is 0.254 e. The van der Waals surface area contributed by atoms with Gasteiger partial charge in [0.05, 0.1) is 37.6 Å². The van der Waals surface area contributed by atoms with E-state index in [1.165, 1.54) is 7.11 Å². The number of rotatable bonds is 3. The standard InChI is InChI=1S/C17H18N6O2/c1-22-7-12(6-21-22)13-8-23(9-14-16(13)20-10-19-14)17(24)11-3-4-18-15(5-11)25-2/h3-7,10,13H,8-9H2,1-2H3,(H,19,20). The van der Waals surface area contributed by atoms with Crippen molar-refractivity contribution in [1.82, 2.24) is 29.6 Å². The molecule has 4 rings (SSSR count). The van der Waals surface area contributed by atoms with Gasteiger partial charge in [0.1, 0.15) is 0 Å². The molecule has 0 aliphatic carbocycles. The van der Waals surface area contributed by atoms with Crippen molar-refractivity contribution in [2.45, 2.75) is 12.5 Å². The summed E-state index contributed by atoms with van der Waals surface area (Å²) in [5.41, 5.74) is 3.53. The SMILES string of the molecule is COc1cc(C(=O)N2Cc3[nH]cnc3C(c3cnn(C)c3)C2)ccn1. The van der Waals surface area contributed by atoms with Crippen molar-refractivity contribution < 1.29 is 9.53 Å². The highest BCUT2D eigenvalue weighted by Gasteiger charge is 2.32. The number of aromatic amines is 1. The van der Waals surface area contributed by atoms with Gasteiger partial charge < -0.3 is 14.6 Å². The van der Waals surface area contributed by atoms with Crippen LogP contribution >= 0.6 is 0 Å². The number of carbonyl (C=O) groups excluding carboxylic acids is 1. The van der Waals surface area contributed by atoms with Crippen LogP contribution in [0.1, 0.15) is 33.2 Å². The van der Waals surface area contributed by atoms with Gasteiger partial charge in [0.2, 0.25) is 5.88 Å². The maximum atomic E-state index is 13.0. The topological polar surface area (TPSA) is 88.9 Å². The number of fused-ring (bicyclic) bond motifs is 1. The molecule has 0 radical (unpaired) electrons. The molecule has 1 atom stereocenters. The molecule has 1 amide bonds. The fourth-order valence-electron chi connectivity index (χ4n) is 3.20. The number of H-pyrrole nitrogens is 1. The number of aromatic nitrogens is 5. The van der Waals surface area contributed by atoms with E-state index in [0.29, 0.717) is 24.5 Å². The van der Waals surface area contributed by atoms with E-state index in [1.807, 2.05) is 24.3 Å². The summed E-state index contributed by atoms with van der Waals surface area (Å²) in [7, 11) is 3.41. The quantitative estimate of drug-likeness (QED) is 0.778. The van der Waals surface area contributed by atoms with Gasteiger partial charge in [-0.1, -0.05) is 0 Å². The Kier molecular flexibility index (Phi) is 3.72. The number of nitrogens with zero attached hydrogens (tertiary/aromatic N) is 5. The van der Waals surface area contributed by atoms with E-state index in [0.717, 1.165) is 17.0 Å². The molecule has 8 nitrogen and oxygen atoms in total. The van der Waals surface area contributed by atoms with Crippen LogP contribution in [0.5, 0.6) is 5.88 Å². The number of methoxy groups -OCH3 is 1. The van der Waals surface area contributed by atoms with E-state index in [1.54, 1.807) is 29.3 Å². The van der Waals surface area contributed by atoms with Gasteiger partial charge in [-0.05, 0) is 6.07 Å². The molecule has 25 heavy (non-hydrogen) atoms. The molecule has 0 saturated heterocycles. The fourth-order valence-corrected chi connectivity index (χ4v) is 3.20. The largest absolute Gasteiger partial charge is 0.481 e. The van der Waals surface area contributed by atoms with Gasteiger partial charge in [-0.25, -0.2) is 9.97 Å². The van der Waals surface area contributed by atoms with Crippen molar-refractivity contribution in [1.29, 1.82) is 0 Å². The Morgan fingerprint density at radius 1 is 1.40 bits per heavy atom. The van der Waals surface area contributed by atoms with Gasteiger partial charge in [0, 0.05) is 49.1 Å². The van der Waals surface area contributed by atoms with Crippen molar-refractivity contribution in [3.63, 3.8) is 0 Å². The van der Waals surface area contributed by atoms with Gasteiger partial charge in [0.25, 0.3) is 5.91 Å². The summed E-state index contributed by atoms with van der Waals surface area (Å²) >= 11 is 0. The second-order valence-corrected chi connectivity index (χ2v) is 6.04. The summed E-state index contributed by atoms with van der Waals surface area (Å²) in [5, 5.41) is 4.25. The fraction of sp³-hybridized carbons (Fsp3) is 0.294. The zero-order valence-electron chi connectivity index (χ0n) is 14.0. The molecule has 1 aliphatic rings. The van der Waals surface area contributed by atoms with Crippen molar-refractivity contribution in [2.75, 3.05) is 13.7 Å². The first-order valence-electron chi connectivity index (χ1n) is 7.95. The molecule has 8 heteroatoms. The zero-order valence-corrected chi connectivity index (χ0v) is 14.0. The van der Waals surface area contributed by atoms with E-state index in [2.05, 4.69) is 20.1 Å². The van der Waals surface area contributed by atoms with Crippen LogP contribution in [0.3, 0.4) is 0 Å². The van der Waals surface area contributed by atoms with E-state index in [4.69, 9.17) is 4.74 Å². The third-order valence-electron chi connectivity index (χ3n) is 4.44. The lowest BCUT2D eigenvalue weighted by Crippen LogP contribution is -2.38. The van der Waals surface area contributed by atoms with Crippen LogP contribution in [0.25, 0.3) is 0 Å². The van der Waals surface area contributed by atoms with Crippen LogP contribution in [0.15, 0.2) is 37.1 Å². The molecule has 0 bridgehead atoms. The summed E-state index contributed by atoms with van der Waals surface area (Å²) < 4.78 is 6.88. The van der Waals surface area contributed by atoms with Gasteiger partial charge >= 0.3 is 0 Å². The minimum Gasteiger partial charge on any atom is -0.481 e. The Morgan fingerprint density at radius 3 is 3.04 bits per heavy atom. The van der Waals surface area contributed by atoms with E-state index in [9.17, 15) is 4.79 Å². The van der Waals surface area contributed by atoms with Crippen molar-refractivity contribution in [2.24, 2.45) is 7.05 Å². The van der Waals surface area contributed by atoms with Crippen LogP contribution in [0.4, 0.5) is 0 Å². The number of pyridine rings is 1. The highest BCUT2D eigenvalue weighted by molar-refractivity contribution is 5.94. The molecular weight excluding hydrogens is 320 g/mol. The van der Waals surface area contributed by atoms with E-state index in [-0.39, 0.29) is 11.8 Å². The van der Waals surface area contributed by atoms with Gasteiger partial charge in [-0.15, -0.1) is 0 Å². The molecule has 1 unspecified atom stereocenters. The summed E-state index contributed by atoms with van der Waals surface area (Å²) in [6.07, 6.45) is 7.05. The predicted octanol–water partition coefficient (Wildman–Crippen LogP) is 1.33. The Balaban J connectivity index is 1.66.